The molecule has 8 heteroatoms. The summed E-state index contributed by atoms with van der Waals surface area (Å²) >= 11 is 0. The number of nitrogens with one attached hydrogen (secondary N) is 2. The Morgan fingerprint density at radius 3 is 2.52 bits per heavy atom. The lowest BCUT2D eigenvalue weighted by atomic mass is 10.2. The molecule has 7 nitrogen and oxygen atoms in total. The van der Waals surface area contributed by atoms with Crippen LogP contribution < -0.4 is 15.6 Å². The Morgan fingerprint density at radius 2 is 1.83 bits per heavy atom. The lowest BCUT2D eigenvalue weighted by molar-refractivity contribution is -0.122. The molecule has 0 unspecified atom stereocenters. The summed E-state index contributed by atoms with van der Waals surface area (Å²) in [5, 5.41) is 4.20. The first-order chi connectivity index (χ1) is 13.9. The smallest absolute Gasteiger partial charge is 0.269 e. The van der Waals surface area contributed by atoms with Crippen LogP contribution in [0.2, 0.25) is 0 Å². The number of aryl methyl sites for hydroxylation is 2. The molecule has 2 amide bonds. The Bertz CT molecular complexity index is 1020. The van der Waals surface area contributed by atoms with E-state index in [0.29, 0.717) is 11.3 Å². The molecule has 0 saturated carbocycles. The van der Waals surface area contributed by atoms with Crippen LogP contribution in [0.4, 0.5) is 4.39 Å². The van der Waals surface area contributed by atoms with Gasteiger partial charge in [0.05, 0.1) is 5.69 Å². The first kappa shape index (κ1) is 20.1. The summed E-state index contributed by atoms with van der Waals surface area (Å²) in [6, 6.07) is 14.4. The predicted molar refractivity (Wildman–Crippen MR) is 104 cm³/mol. The van der Waals surface area contributed by atoms with Gasteiger partial charge in [-0.15, -0.1) is 0 Å². The molecule has 3 rings (SSSR count). The molecular formula is C21H21FN4O3. The number of carbonyl (C=O) groups is 2. The Labute approximate surface area is 167 Å². The number of carbonyl (C=O) groups excluding carboxylic acids is 2. The zero-order valence-corrected chi connectivity index (χ0v) is 16.1. The second-order valence-corrected chi connectivity index (χ2v) is 6.53. The van der Waals surface area contributed by atoms with Crippen molar-refractivity contribution >= 4 is 11.8 Å². The normalized spacial score (nSPS) is 10.4. The fraction of sp³-hybridized carbons (Fsp3) is 0.190. The molecular weight excluding hydrogens is 375 g/mol. The molecule has 2 aromatic carbocycles. The number of rotatable bonds is 6. The maximum absolute atomic E-state index is 12.9. The van der Waals surface area contributed by atoms with Gasteiger partial charge in [0.25, 0.3) is 11.8 Å². The quantitative estimate of drug-likeness (QED) is 0.628. The van der Waals surface area contributed by atoms with E-state index in [1.165, 1.54) is 12.1 Å². The maximum atomic E-state index is 12.9. The molecule has 29 heavy (non-hydrogen) atoms. The number of nitrogens with zero attached hydrogens (tertiary/aromatic N) is 2. The molecule has 0 aliphatic carbocycles. The Balaban J connectivity index is 1.52. The molecule has 0 aliphatic rings. The molecule has 1 aromatic heterocycles. The number of hydrogen-bond donors (Lipinski definition) is 2. The minimum atomic E-state index is -0.473. The van der Waals surface area contributed by atoms with E-state index in [1.807, 2.05) is 19.9 Å². The summed E-state index contributed by atoms with van der Waals surface area (Å²) in [7, 11) is 0. The molecule has 0 atom stereocenters. The molecule has 0 spiro atoms. The Morgan fingerprint density at radius 1 is 1.07 bits per heavy atom. The molecule has 0 saturated heterocycles. The summed E-state index contributed by atoms with van der Waals surface area (Å²) in [4.78, 5) is 24.3. The fourth-order valence-corrected chi connectivity index (χ4v) is 2.68. The van der Waals surface area contributed by atoms with Gasteiger partial charge in [0.2, 0.25) is 0 Å². The molecule has 150 valence electrons. The number of hydrazine groups is 1. The van der Waals surface area contributed by atoms with Crippen molar-refractivity contribution in [2.24, 2.45) is 0 Å². The molecule has 0 radical (unpaired) electrons. The van der Waals surface area contributed by atoms with Crippen LogP contribution in [0.3, 0.4) is 0 Å². The van der Waals surface area contributed by atoms with Crippen molar-refractivity contribution in [2.75, 3.05) is 0 Å². The average Bonchev–Trinajstić information content (AvgIpc) is 3.02. The van der Waals surface area contributed by atoms with Crippen LogP contribution in [0, 0.1) is 19.7 Å². The Hall–Kier alpha value is -3.68. The highest BCUT2D eigenvalue weighted by Gasteiger charge is 2.10. The number of hydrogen-bond acceptors (Lipinski definition) is 4. The summed E-state index contributed by atoms with van der Waals surface area (Å²) < 4.78 is 20.1. The molecule has 3 aromatic rings. The van der Waals surface area contributed by atoms with E-state index in [9.17, 15) is 14.0 Å². The van der Waals surface area contributed by atoms with Gasteiger partial charge in [-0.25, -0.2) is 4.39 Å². The SMILES string of the molecule is Cc1cc(C)n(CC(=O)NNC(=O)c2cccc(OCc3ccc(F)cc3)c2)n1. The monoisotopic (exact) mass is 396 g/mol. The van der Waals surface area contributed by atoms with Crippen LogP contribution in [0.25, 0.3) is 0 Å². The van der Waals surface area contributed by atoms with Gasteiger partial charge in [-0.2, -0.15) is 5.10 Å². The number of benzene rings is 2. The number of aromatic nitrogens is 2. The van der Waals surface area contributed by atoms with Crippen molar-refractivity contribution < 1.29 is 18.7 Å². The van der Waals surface area contributed by atoms with Gasteiger partial charge in [0, 0.05) is 11.3 Å². The first-order valence-corrected chi connectivity index (χ1v) is 8.98. The van der Waals surface area contributed by atoms with Gasteiger partial charge in [-0.3, -0.25) is 25.1 Å². The molecule has 0 bridgehead atoms. The van der Waals surface area contributed by atoms with Crippen LogP contribution in [0.15, 0.2) is 54.6 Å². The topological polar surface area (TPSA) is 85.2 Å². The minimum Gasteiger partial charge on any atom is -0.489 e. The van der Waals surface area contributed by atoms with Crippen molar-refractivity contribution in [1.29, 1.82) is 0 Å². The third kappa shape index (κ3) is 5.65. The number of amides is 2. The van der Waals surface area contributed by atoms with E-state index < -0.39 is 11.8 Å². The number of ether oxygens (including phenoxy) is 1. The van der Waals surface area contributed by atoms with Gasteiger partial charge >= 0.3 is 0 Å². The van der Waals surface area contributed by atoms with Gasteiger partial charge in [-0.05, 0) is 55.8 Å². The summed E-state index contributed by atoms with van der Waals surface area (Å²) in [6.07, 6.45) is 0. The largest absolute Gasteiger partial charge is 0.489 e. The summed E-state index contributed by atoms with van der Waals surface area (Å²) in [5.74, 6) is -0.699. The fourth-order valence-electron chi connectivity index (χ4n) is 2.68. The summed E-state index contributed by atoms with van der Waals surface area (Å²) in [6.45, 7) is 3.93. The second-order valence-electron chi connectivity index (χ2n) is 6.53. The lowest BCUT2D eigenvalue weighted by Gasteiger charge is -2.10. The van der Waals surface area contributed by atoms with Crippen LogP contribution >= 0.6 is 0 Å². The average molecular weight is 396 g/mol. The molecule has 0 fully saturated rings. The molecule has 1 heterocycles. The van der Waals surface area contributed by atoms with Crippen LogP contribution in [0.1, 0.15) is 27.3 Å². The summed E-state index contributed by atoms with van der Waals surface area (Å²) in [5.41, 5.74) is 7.55. The highest BCUT2D eigenvalue weighted by atomic mass is 19.1. The third-order valence-corrected chi connectivity index (χ3v) is 4.13. The van der Waals surface area contributed by atoms with Crippen molar-refractivity contribution in [3.63, 3.8) is 0 Å². The zero-order valence-electron chi connectivity index (χ0n) is 16.1. The van der Waals surface area contributed by atoms with Gasteiger partial charge in [0.1, 0.15) is 24.7 Å². The van der Waals surface area contributed by atoms with Gasteiger partial charge in [-0.1, -0.05) is 18.2 Å². The van der Waals surface area contributed by atoms with Crippen molar-refractivity contribution in [3.05, 3.63) is 82.9 Å². The van der Waals surface area contributed by atoms with Gasteiger partial charge < -0.3 is 4.74 Å². The predicted octanol–water partition coefficient (Wildman–Crippen LogP) is 2.68. The zero-order chi connectivity index (χ0) is 20.8. The van der Waals surface area contributed by atoms with Crippen molar-refractivity contribution in [1.82, 2.24) is 20.6 Å². The van der Waals surface area contributed by atoms with E-state index in [2.05, 4.69) is 16.0 Å². The van der Waals surface area contributed by atoms with E-state index in [0.717, 1.165) is 17.0 Å². The highest BCUT2D eigenvalue weighted by molar-refractivity contribution is 5.95. The van der Waals surface area contributed by atoms with Crippen molar-refractivity contribution in [2.45, 2.75) is 27.0 Å². The third-order valence-electron chi connectivity index (χ3n) is 4.13. The van der Waals surface area contributed by atoms with Crippen molar-refractivity contribution in [3.8, 4) is 5.75 Å². The maximum Gasteiger partial charge on any atom is 0.269 e. The van der Waals surface area contributed by atoms with Crippen LogP contribution in [0.5, 0.6) is 5.75 Å². The van der Waals surface area contributed by atoms with Crippen LogP contribution in [-0.4, -0.2) is 21.6 Å². The van der Waals surface area contributed by atoms with E-state index in [1.54, 1.807) is 41.1 Å². The second kappa shape index (κ2) is 9.01. The number of halogens is 1. The first-order valence-electron chi connectivity index (χ1n) is 8.98. The van der Waals surface area contributed by atoms with E-state index >= 15 is 0 Å². The molecule has 2 N–H and O–H groups in total. The molecule has 0 aliphatic heterocycles. The van der Waals surface area contributed by atoms with Crippen LogP contribution in [-0.2, 0) is 17.9 Å². The lowest BCUT2D eigenvalue weighted by Crippen LogP contribution is -2.43. The Kier molecular flexibility index (Phi) is 6.23. The van der Waals surface area contributed by atoms with E-state index in [4.69, 9.17) is 4.74 Å². The van der Waals surface area contributed by atoms with Gasteiger partial charge in [0.15, 0.2) is 0 Å². The minimum absolute atomic E-state index is 0.000768. The highest BCUT2D eigenvalue weighted by Crippen LogP contribution is 2.15. The van der Waals surface area contributed by atoms with E-state index in [-0.39, 0.29) is 19.0 Å². The standard InChI is InChI=1S/C21H21FN4O3/c1-14-10-15(2)26(25-14)12-20(27)23-24-21(28)17-4-3-5-19(11-17)29-13-16-6-8-18(22)9-7-16/h3-11H,12-13H2,1-2H3,(H,23,27)(H,24,28).